The summed E-state index contributed by atoms with van der Waals surface area (Å²) in [5.41, 5.74) is 0.924. The van der Waals surface area contributed by atoms with Gasteiger partial charge in [0.2, 0.25) is 0 Å². The van der Waals surface area contributed by atoms with Gasteiger partial charge in [-0.2, -0.15) is 0 Å². The second kappa shape index (κ2) is 3.97. The van der Waals surface area contributed by atoms with E-state index in [0.717, 1.165) is 10.8 Å². The lowest BCUT2D eigenvalue weighted by molar-refractivity contribution is 0.450. The molecule has 11 heavy (non-hydrogen) atoms. The van der Waals surface area contributed by atoms with E-state index >= 15 is 0 Å². The molecule has 0 unspecified atom stereocenters. The van der Waals surface area contributed by atoms with Crippen LogP contribution < -0.4 is 5.19 Å². The molecule has 54 valence electrons. The molecule has 0 aliphatic rings. The van der Waals surface area contributed by atoms with Crippen molar-refractivity contribution in [2.75, 3.05) is 7.11 Å². The molecule has 0 atom stereocenters. The van der Waals surface area contributed by atoms with Crippen LogP contribution in [0.5, 0.6) is 0 Å². The number of rotatable bonds is 2. The summed E-state index contributed by atoms with van der Waals surface area (Å²) in [5, 5.41) is 1.09. The minimum absolute atomic E-state index is 0.350. The van der Waals surface area contributed by atoms with Crippen molar-refractivity contribution in [2.45, 2.75) is 0 Å². The number of hydrogen-bond donors (Lipinski definition) is 0. The van der Waals surface area contributed by atoms with Crippen molar-refractivity contribution in [2.24, 2.45) is 0 Å². The van der Waals surface area contributed by atoms with E-state index in [4.69, 9.17) is 10.8 Å². The van der Waals surface area contributed by atoms with Gasteiger partial charge < -0.3 is 4.43 Å². The average Bonchev–Trinajstić information content (AvgIpc) is 2.06. The molecule has 0 fully saturated rings. The lowest BCUT2D eigenvalue weighted by atomic mass is 10.2. The monoisotopic (exact) mass is 160 g/mol. The lowest BCUT2D eigenvalue weighted by Gasteiger charge is -1.98. The van der Waals surface area contributed by atoms with Gasteiger partial charge in [0.25, 0.3) is 9.76 Å². The van der Waals surface area contributed by atoms with Gasteiger partial charge in [-0.05, 0) is 11.3 Å². The molecule has 0 saturated heterocycles. The third-order valence-corrected chi connectivity index (χ3v) is 2.15. The number of terminal acetylenes is 1. The highest BCUT2D eigenvalue weighted by atomic mass is 28.2. The Balaban J connectivity index is 2.95. The molecular weight excluding hydrogens is 152 g/mol. The van der Waals surface area contributed by atoms with Crippen molar-refractivity contribution < 1.29 is 4.43 Å². The van der Waals surface area contributed by atoms with Crippen LogP contribution in [0.1, 0.15) is 5.56 Å². The summed E-state index contributed by atoms with van der Waals surface area (Å²) >= 11 is 0. The maximum Gasteiger partial charge on any atom is 0.269 e. The Labute approximate surface area is 69.3 Å². The van der Waals surface area contributed by atoms with Crippen LogP contribution in [0.25, 0.3) is 0 Å². The standard InChI is InChI=1S/C9H8OSi/c1-3-8-6-4-5-7-9(8)11-10-2/h1,4-7H,2H3. The van der Waals surface area contributed by atoms with Crippen molar-refractivity contribution in [3.63, 3.8) is 0 Å². The second-order valence-corrected chi connectivity index (χ2v) is 3.15. The first-order chi connectivity index (χ1) is 5.38. The fourth-order valence-corrected chi connectivity index (χ4v) is 1.46. The molecule has 0 saturated carbocycles. The molecule has 0 aliphatic carbocycles. The Hall–Kier alpha value is -1.04. The lowest BCUT2D eigenvalue weighted by Crippen LogP contribution is -2.18. The predicted molar refractivity (Wildman–Crippen MR) is 46.8 cm³/mol. The highest BCUT2D eigenvalue weighted by Gasteiger charge is 1.98. The van der Waals surface area contributed by atoms with Gasteiger partial charge in [-0.15, -0.1) is 6.42 Å². The van der Waals surface area contributed by atoms with Crippen molar-refractivity contribution >= 4 is 14.9 Å². The molecule has 1 nitrogen and oxygen atoms in total. The summed E-state index contributed by atoms with van der Waals surface area (Å²) in [5.74, 6) is 2.61. The molecule has 1 aromatic carbocycles. The van der Waals surface area contributed by atoms with Crippen LogP contribution >= 0.6 is 0 Å². The summed E-state index contributed by atoms with van der Waals surface area (Å²) in [4.78, 5) is 0. The van der Waals surface area contributed by atoms with Gasteiger partial charge in [0, 0.05) is 12.7 Å². The van der Waals surface area contributed by atoms with E-state index in [0.29, 0.717) is 9.76 Å². The summed E-state index contributed by atoms with van der Waals surface area (Å²) in [6, 6.07) is 7.79. The van der Waals surface area contributed by atoms with E-state index in [1.807, 2.05) is 24.3 Å². The quantitative estimate of drug-likeness (QED) is 0.454. The van der Waals surface area contributed by atoms with Crippen LogP contribution in [0.2, 0.25) is 0 Å². The van der Waals surface area contributed by atoms with Crippen molar-refractivity contribution in [1.82, 2.24) is 0 Å². The predicted octanol–water partition coefficient (Wildman–Crippen LogP) is 0.559. The van der Waals surface area contributed by atoms with Gasteiger partial charge in [-0.25, -0.2) is 0 Å². The topological polar surface area (TPSA) is 9.23 Å². The Morgan fingerprint density at radius 1 is 1.45 bits per heavy atom. The van der Waals surface area contributed by atoms with Crippen molar-refractivity contribution in [1.29, 1.82) is 0 Å². The van der Waals surface area contributed by atoms with E-state index in [1.165, 1.54) is 0 Å². The van der Waals surface area contributed by atoms with E-state index in [9.17, 15) is 0 Å². The van der Waals surface area contributed by atoms with Crippen molar-refractivity contribution in [3.8, 4) is 12.3 Å². The maximum atomic E-state index is 5.28. The SMILES string of the molecule is C#Cc1ccccc1[Si]OC. The van der Waals surface area contributed by atoms with Gasteiger partial charge in [0.05, 0.1) is 0 Å². The zero-order valence-electron chi connectivity index (χ0n) is 6.29. The third-order valence-electron chi connectivity index (χ3n) is 1.29. The minimum Gasteiger partial charge on any atom is -0.415 e. The molecule has 2 heteroatoms. The summed E-state index contributed by atoms with van der Waals surface area (Å²) < 4.78 is 5.00. The molecule has 1 rings (SSSR count). The Morgan fingerprint density at radius 2 is 2.18 bits per heavy atom. The molecule has 0 aromatic heterocycles. The van der Waals surface area contributed by atoms with E-state index < -0.39 is 0 Å². The molecule has 2 radical (unpaired) electrons. The fraction of sp³-hybridized carbons (Fsp3) is 0.111. The summed E-state index contributed by atoms with van der Waals surface area (Å²) in [6.07, 6.45) is 5.28. The molecular formula is C9H8OSi. The normalized spacial score (nSPS) is 9.09. The van der Waals surface area contributed by atoms with Gasteiger partial charge >= 0.3 is 0 Å². The highest BCUT2D eigenvalue weighted by molar-refractivity contribution is 6.47. The average molecular weight is 160 g/mol. The number of hydrogen-bond acceptors (Lipinski definition) is 1. The Bertz CT molecular complexity index is 275. The fourth-order valence-electron chi connectivity index (χ4n) is 0.808. The Morgan fingerprint density at radius 3 is 2.82 bits per heavy atom. The molecule has 1 aromatic rings. The second-order valence-electron chi connectivity index (χ2n) is 2.00. The van der Waals surface area contributed by atoms with Crippen molar-refractivity contribution in [3.05, 3.63) is 29.8 Å². The Kier molecular flexibility index (Phi) is 2.91. The van der Waals surface area contributed by atoms with Crippen LogP contribution in [0.3, 0.4) is 0 Å². The third kappa shape index (κ3) is 1.94. The van der Waals surface area contributed by atoms with Gasteiger partial charge in [-0.3, -0.25) is 0 Å². The first-order valence-electron chi connectivity index (χ1n) is 3.23. The van der Waals surface area contributed by atoms with E-state index in [-0.39, 0.29) is 0 Å². The molecule has 0 heterocycles. The number of benzene rings is 1. The molecule has 0 aliphatic heterocycles. The van der Waals surface area contributed by atoms with Gasteiger partial charge in [0.1, 0.15) is 0 Å². The first-order valence-corrected chi connectivity index (χ1v) is 4.14. The van der Waals surface area contributed by atoms with E-state index in [2.05, 4.69) is 5.92 Å². The maximum absolute atomic E-state index is 5.28. The molecule has 0 spiro atoms. The smallest absolute Gasteiger partial charge is 0.269 e. The summed E-state index contributed by atoms with van der Waals surface area (Å²) in [6.45, 7) is 0. The molecule has 0 bridgehead atoms. The van der Waals surface area contributed by atoms with Crippen LogP contribution in [0.15, 0.2) is 24.3 Å². The first kappa shape index (κ1) is 8.06. The summed E-state index contributed by atoms with van der Waals surface area (Å²) in [7, 11) is 2.02. The minimum atomic E-state index is 0.350. The van der Waals surface area contributed by atoms with E-state index in [1.54, 1.807) is 7.11 Å². The van der Waals surface area contributed by atoms with Gasteiger partial charge in [0.15, 0.2) is 0 Å². The molecule has 0 N–H and O–H groups in total. The van der Waals surface area contributed by atoms with Crippen LogP contribution in [-0.4, -0.2) is 16.9 Å². The molecule has 0 amide bonds. The van der Waals surface area contributed by atoms with Crippen LogP contribution in [0, 0.1) is 12.3 Å². The zero-order chi connectivity index (χ0) is 8.10. The zero-order valence-corrected chi connectivity index (χ0v) is 7.29. The van der Waals surface area contributed by atoms with Crippen LogP contribution in [-0.2, 0) is 4.43 Å². The highest BCUT2D eigenvalue weighted by Crippen LogP contribution is 1.91. The van der Waals surface area contributed by atoms with Crippen LogP contribution in [0.4, 0.5) is 0 Å². The largest absolute Gasteiger partial charge is 0.415 e. The van der Waals surface area contributed by atoms with Gasteiger partial charge in [-0.1, -0.05) is 24.1 Å².